The summed E-state index contributed by atoms with van der Waals surface area (Å²) in [6.07, 6.45) is 1.48. The molecule has 0 saturated heterocycles. The van der Waals surface area contributed by atoms with Crippen molar-refractivity contribution in [1.29, 1.82) is 0 Å². The number of rotatable bonds is 3. The van der Waals surface area contributed by atoms with Gasteiger partial charge in [0.2, 0.25) is 0 Å². The standard InChI is InChI=1S/C16H16N2O3/c1-2-3-16(19)17-10-13-9-14(18-21-13)11-4-5-15-12(8-11)6-7-20-15/h4-5,8,13H,6-7,9-10H2,1H3,(H,17,19). The first kappa shape index (κ1) is 13.5. The summed E-state index contributed by atoms with van der Waals surface area (Å²) in [7, 11) is 0. The van der Waals surface area contributed by atoms with E-state index in [9.17, 15) is 4.79 Å². The van der Waals surface area contributed by atoms with E-state index in [2.05, 4.69) is 28.4 Å². The molecule has 3 rings (SSSR count). The van der Waals surface area contributed by atoms with Gasteiger partial charge in [-0.2, -0.15) is 0 Å². The number of nitrogens with zero attached hydrogens (tertiary/aromatic N) is 1. The molecule has 2 aliphatic rings. The zero-order valence-corrected chi connectivity index (χ0v) is 11.8. The molecule has 1 unspecified atom stereocenters. The number of hydrogen-bond acceptors (Lipinski definition) is 4. The zero-order chi connectivity index (χ0) is 14.7. The molecule has 0 bridgehead atoms. The van der Waals surface area contributed by atoms with Crippen molar-refractivity contribution in [2.24, 2.45) is 5.16 Å². The Morgan fingerprint density at radius 2 is 2.43 bits per heavy atom. The third-order valence-electron chi connectivity index (χ3n) is 3.48. The molecule has 108 valence electrons. The highest BCUT2D eigenvalue weighted by Gasteiger charge is 2.23. The SMILES string of the molecule is CC#CC(=O)NCC1CC(c2ccc3c(c2)CCO3)=NO1. The Morgan fingerprint density at radius 3 is 3.29 bits per heavy atom. The second-order valence-corrected chi connectivity index (χ2v) is 4.98. The zero-order valence-electron chi connectivity index (χ0n) is 11.8. The normalized spacial score (nSPS) is 18.7. The lowest BCUT2D eigenvalue weighted by Gasteiger charge is -2.07. The molecular formula is C16H16N2O3. The summed E-state index contributed by atoms with van der Waals surface area (Å²) in [5.41, 5.74) is 3.18. The number of hydrogen-bond donors (Lipinski definition) is 1. The Morgan fingerprint density at radius 1 is 1.52 bits per heavy atom. The van der Waals surface area contributed by atoms with Gasteiger partial charge in [0.15, 0.2) is 0 Å². The molecule has 1 aromatic carbocycles. The van der Waals surface area contributed by atoms with E-state index in [1.165, 1.54) is 5.56 Å². The largest absolute Gasteiger partial charge is 0.493 e. The molecule has 1 atom stereocenters. The number of ether oxygens (including phenoxy) is 1. The minimum absolute atomic E-state index is 0.132. The summed E-state index contributed by atoms with van der Waals surface area (Å²) in [5.74, 6) is 5.66. The van der Waals surface area contributed by atoms with E-state index < -0.39 is 0 Å². The Balaban J connectivity index is 1.59. The van der Waals surface area contributed by atoms with Crippen molar-refractivity contribution in [3.63, 3.8) is 0 Å². The van der Waals surface area contributed by atoms with Gasteiger partial charge in [-0.3, -0.25) is 4.79 Å². The van der Waals surface area contributed by atoms with Crippen molar-refractivity contribution >= 4 is 11.6 Å². The third kappa shape index (κ3) is 3.00. The lowest BCUT2D eigenvalue weighted by Crippen LogP contribution is -2.31. The Labute approximate surface area is 123 Å². The predicted octanol–water partition coefficient (Wildman–Crippen LogP) is 1.25. The highest BCUT2D eigenvalue weighted by molar-refractivity contribution is 6.01. The van der Waals surface area contributed by atoms with Gasteiger partial charge in [0.05, 0.1) is 18.9 Å². The van der Waals surface area contributed by atoms with Crippen molar-refractivity contribution in [3.05, 3.63) is 29.3 Å². The van der Waals surface area contributed by atoms with Crippen molar-refractivity contribution in [3.8, 4) is 17.6 Å². The van der Waals surface area contributed by atoms with E-state index >= 15 is 0 Å². The fourth-order valence-corrected chi connectivity index (χ4v) is 2.44. The topological polar surface area (TPSA) is 59.9 Å². The Kier molecular flexibility index (Phi) is 3.78. The molecule has 1 amide bonds. The quantitative estimate of drug-likeness (QED) is 0.850. The minimum atomic E-state index is -0.288. The van der Waals surface area contributed by atoms with Crippen LogP contribution in [-0.4, -0.2) is 30.9 Å². The molecule has 2 aliphatic heterocycles. The van der Waals surface area contributed by atoms with Crippen LogP contribution in [0.25, 0.3) is 0 Å². The van der Waals surface area contributed by atoms with Gasteiger partial charge in [-0.05, 0) is 42.2 Å². The maximum Gasteiger partial charge on any atom is 0.296 e. The van der Waals surface area contributed by atoms with E-state index in [4.69, 9.17) is 9.57 Å². The van der Waals surface area contributed by atoms with Crippen LogP contribution in [0.5, 0.6) is 5.75 Å². The van der Waals surface area contributed by atoms with Crippen molar-refractivity contribution < 1.29 is 14.4 Å². The Bertz CT molecular complexity index is 655. The number of amides is 1. The number of fused-ring (bicyclic) bond motifs is 1. The third-order valence-corrected chi connectivity index (χ3v) is 3.48. The van der Waals surface area contributed by atoms with Crippen LogP contribution < -0.4 is 10.1 Å². The highest BCUT2D eigenvalue weighted by Crippen LogP contribution is 2.27. The van der Waals surface area contributed by atoms with Gasteiger partial charge in [0.1, 0.15) is 11.9 Å². The van der Waals surface area contributed by atoms with E-state index in [0.717, 1.165) is 30.1 Å². The summed E-state index contributed by atoms with van der Waals surface area (Å²) in [4.78, 5) is 16.6. The number of nitrogens with one attached hydrogen (secondary N) is 1. The van der Waals surface area contributed by atoms with Crippen LogP contribution in [-0.2, 0) is 16.1 Å². The fourth-order valence-electron chi connectivity index (χ4n) is 2.44. The predicted molar refractivity (Wildman–Crippen MR) is 78.1 cm³/mol. The highest BCUT2D eigenvalue weighted by atomic mass is 16.6. The van der Waals surface area contributed by atoms with Gasteiger partial charge in [-0.1, -0.05) is 11.1 Å². The molecule has 21 heavy (non-hydrogen) atoms. The first-order valence-electron chi connectivity index (χ1n) is 6.95. The van der Waals surface area contributed by atoms with E-state index in [1.54, 1.807) is 6.92 Å². The maximum atomic E-state index is 11.3. The van der Waals surface area contributed by atoms with Crippen LogP contribution in [0, 0.1) is 11.8 Å². The molecule has 0 aromatic heterocycles. The average Bonchev–Trinajstić information content (AvgIpc) is 3.13. The average molecular weight is 284 g/mol. The molecule has 0 saturated carbocycles. The molecule has 1 N–H and O–H groups in total. The van der Waals surface area contributed by atoms with Gasteiger partial charge in [-0.25, -0.2) is 0 Å². The van der Waals surface area contributed by atoms with Crippen LogP contribution in [0.15, 0.2) is 23.4 Å². The second-order valence-electron chi connectivity index (χ2n) is 4.98. The van der Waals surface area contributed by atoms with Crippen molar-refractivity contribution in [1.82, 2.24) is 5.32 Å². The number of carbonyl (C=O) groups is 1. The molecule has 0 radical (unpaired) electrons. The van der Waals surface area contributed by atoms with Crippen molar-refractivity contribution in [2.45, 2.75) is 25.9 Å². The summed E-state index contributed by atoms with van der Waals surface area (Å²) in [5, 5.41) is 6.83. The molecular weight excluding hydrogens is 268 g/mol. The van der Waals surface area contributed by atoms with E-state index in [0.29, 0.717) is 13.0 Å². The van der Waals surface area contributed by atoms with E-state index in [1.807, 2.05) is 12.1 Å². The monoisotopic (exact) mass is 284 g/mol. The van der Waals surface area contributed by atoms with Crippen molar-refractivity contribution in [2.75, 3.05) is 13.2 Å². The molecule has 5 nitrogen and oxygen atoms in total. The molecule has 0 fully saturated rings. The van der Waals surface area contributed by atoms with E-state index in [-0.39, 0.29) is 12.0 Å². The summed E-state index contributed by atoms with van der Waals surface area (Å²) in [6.45, 7) is 2.79. The molecule has 0 spiro atoms. The molecule has 2 heterocycles. The van der Waals surface area contributed by atoms with Gasteiger partial charge in [0.25, 0.3) is 5.91 Å². The van der Waals surface area contributed by atoms with Crippen LogP contribution in [0.3, 0.4) is 0 Å². The lowest BCUT2D eigenvalue weighted by atomic mass is 10.0. The van der Waals surface area contributed by atoms with Crippen LogP contribution in [0.1, 0.15) is 24.5 Å². The summed E-state index contributed by atoms with van der Waals surface area (Å²) < 4.78 is 5.49. The van der Waals surface area contributed by atoms with Gasteiger partial charge in [-0.15, -0.1) is 0 Å². The number of benzene rings is 1. The van der Waals surface area contributed by atoms with Gasteiger partial charge >= 0.3 is 0 Å². The second kappa shape index (κ2) is 5.88. The van der Waals surface area contributed by atoms with Crippen LogP contribution in [0.2, 0.25) is 0 Å². The van der Waals surface area contributed by atoms with Gasteiger partial charge in [0, 0.05) is 12.8 Å². The van der Waals surface area contributed by atoms with Crippen LogP contribution in [0.4, 0.5) is 0 Å². The van der Waals surface area contributed by atoms with Crippen LogP contribution >= 0.6 is 0 Å². The maximum absolute atomic E-state index is 11.3. The molecule has 1 aromatic rings. The molecule has 5 heteroatoms. The first-order chi connectivity index (χ1) is 10.3. The summed E-state index contributed by atoms with van der Waals surface area (Å²) >= 11 is 0. The number of oxime groups is 1. The lowest BCUT2D eigenvalue weighted by molar-refractivity contribution is -0.116. The number of carbonyl (C=O) groups excluding carboxylic acids is 1. The summed E-state index contributed by atoms with van der Waals surface area (Å²) in [6, 6.07) is 6.08. The Hall–Kier alpha value is -2.48. The van der Waals surface area contributed by atoms with Gasteiger partial charge < -0.3 is 14.9 Å². The minimum Gasteiger partial charge on any atom is -0.493 e. The first-order valence-corrected chi connectivity index (χ1v) is 6.95. The molecule has 0 aliphatic carbocycles. The fraction of sp³-hybridized carbons (Fsp3) is 0.375. The smallest absolute Gasteiger partial charge is 0.296 e.